The zero-order chi connectivity index (χ0) is 16.1. The van der Waals surface area contributed by atoms with E-state index in [2.05, 4.69) is 24.3 Å². The Bertz CT molecular complexity index is 603. The molecule has 120 valence electrons. The van der Waals surface area contributed by atoms with Gasteiger partial charge in [-0.3, -0.25) is 9.48 Å². The molecule has 2 aromatic heterocycles. The first kappa shape index (κ1) is 16.7. The third-order valence-corrected chi connectivity index (χ3v) is 4.46. The molecule has 2 rings (SSSR count). The first-order valence-corrected chi connectivity index (χ1v) is 8.55. The van der Waals surface area contributed by atoms with Crippen molar-refractivity contribution in [2.24, 2.45) is 0 Å². The van der Waals surface area contributed by atoms with Crippen LogP contribution in [0.1, 0.15) is 60.6 Å². The monoisotopic (exact) mass is 321 g/mol. The molecule has 2 N–H and O–H groups in total. The third-order valence-electron chi connectivity index (χ3n) is 3.76. The standard InChI is InChI=1S/C16H23N3O2S/c1-4-13(5-2)19-14(8-11(3)18-19)16(21)17-9-15(20)12-6-7-22-10-12/h6-8,10,13,15,20H,4-5,9H2,1-3H3,(H,17,21). The minimum Gasteiger partial charge on any atom is -0.387 e. The molecule has 1 amide bonds. The average Bonchev–Trinajstić information content (AvgIpc) is 3.15. The second-order valence-electron chi connectivity index (χ2n) is 5.37. The summed E-state index contributed by atoms with van der Waals surface area (Å²) in [7, 11) is 0. The Balaban J connectivity index is 2.06. The van der Waals surface area contributed by atoms with Crippen LogP contribution in [0.25, 0.3) is 0 Å². The molecule has 22 heavy (non-hydrogen) atoms. The van der Waals surface area contributed by atoms with Gasteiger partial charge >= 0.3 is 0 Å². The fourth-order valence-electron chi connectivity index (χ4n) is 2.46. The summed E-state index contributed by atoms with van der Waals surface area (Å²) in [5.74, 6) is -0.193. The van der Waals surface area contributed by atoms with Crippen LogP contribution in [-0.4, -0.2) is 27.3 Å². The van der Waals surface area contributed by atoms with Gasteiger partial charge < -0.3 is 10.4 Å². The van der Waals surface area contributed by atoms with Crippen molar-refractivity contribution in [3.05, 3.63) is 39.8 Å². The van der Waals surface area contributed by atoms with Gasteiger partial charge in [-0.05, 0) is 48.2 Å². The van der Waals surface area contributed by atoms with Crippen molar-refractivity contribution in [3.8, 4) is 0 Å². The van der Waals surface area contributed by atoms with E-state index in [1.807, 2.05) is 28.4 Å². The first-order chi connectivity index (χ1) is 10.6. The van der Waals surface area contributed by atoms with Crippen LogP contribution >= 0.6 is 11.3 Å². The van der Waals surface area contributed by atoms with Crippen molar-refractivity contribution >= 4 is 17.2 Å². The van der Waals surface area contributed by atoms with Crippen molar-refractivity contribution in [3.63, 3.8) is 0 Å². The second-order valence-corrected chi connectivity index (χ2v) is 6.15. The molecule has 0 spiro atoms. The highest BCUT2D eigenvalue weighted by atomic mass is 32.1. The Hall–Kier alpha value is -1.66. The first-order valence-electron chi connectivity index (χ1n) is 7.61. The normalized spacial score (nSPS) is 12.6. The number of carbonyl (C=O) groups is 1. The fraction of sp³-hybridized carbons (Fsp3) is 0.500. The lowest BCUT2D eigenvalue weighted by atomic mass is 10.1. The zero-order valence-electron chi connectivity index (χ0n) is 13.2. The maximum Gasteiger partial charge on any atom is 0.269 e. The van der Waals surface area contributed by atoms with Gasteiger partial charge in [-0.15, -0.1) is 0 Å². The molecule has 2 heterocycles. The maximum absolute atomic E-state index is 12.4. The summed E-state index contributed by atoms with van der Waals surface area (Å²) >= 11 is 1.53. The summed E-state index contributed by atoms with van der Waals surface area (Å²) in [6.45, 7) is 6.26. The molecule has 0 aliphatic carbocycles. The van der Waals surface area contributed by atoms with Crippen molar-refractivity contribution < 1.29 is 9.90 Å². The quantitative estimate of drug-likeness (QED) is 0.823. The van der Waals surface area contributed by atoms with Crippen LogP contribution in [0.2, 0.25) is 0 Å². The average molecular weight is 321 g/mol. The SMILES string of the molecule is CCC(CC)n1nc(C)cc1C(=O)NCC(O)c1ccsc1. The van der Waals surface area contributed by atoms with Crippen LogP contribution in [0.3, 0.4) is 0 Å². The number of amides is 1. The predicted octanol–water partition coefficient (Wildman–Crippen LogP) is 3.08. The molecule has 0 aliphatic rings. The van der Waals surface area contributed by atoms with Gasteiger partial charge in [0.05, 0.1) is 17.8 Å². The number of aliphatic hydroxyl groups excluding tert-OH is 1. The number of thiophene rings is 1. The van der Waals surface area contributed by atoms with E-state index in [0.717, 1.165) is 24.1 Å². The number of hydrogen-bond donors (Lipinski definition) is 2. The number of nitrogens with one attached hydrogen (secondary N) is 1. The van der Waals surface area contributed by atoms with E-state index in [4.69, 9.17) is 0 Å². The van der Waals surface area contributed by atoms with Crippen LogP contribution in [0, 0.1) is 6.92 Å². The van der Waals surface area contributed by atoms with E-state index in [1.54, 1.807) is 6.07 Å². The lowest BCUT2D eigenvalue weighted by molar-refractivity contribution is 0.0902. The van der Waals surface area contributed by atoms with E-state index in [0.29, 0.717) is 5.69 Å². The molecule has 0 saturated heterocycles. The summed E-state index contributed by atoms with van der Waals surface area (Å²) in [6, 6.07) is 3.88. The molecule has 0 bridgehead atoms. The smallest absolute Gasteiger partial charge is 0.269 e. The van der Waals surface area contributed by atoms with Crippen LogP contribution < -0.4 is 5.32 Å². The van der Waals surface area contributed by atoms with Crippen molar-refractivity contribution in [2.45, 2.75) is 45.8 Å². The Kier molecular flexibility index (Phi) is 5.74. The molecule has 0 radical (unpaired) electrons. The molecular weight excluding hydrogens is 298 g/mol. The van der Waals surface area contributed by atoms with Crippen LogP contribution in [0.5, 0.6) is 0 Å². The molecule has 1 unspecified atom stereocenters. The van der Waals surface area contributed by atoms with E-state index in [9.17, 15) is 9.90 Å². The summed E-state index contributed by atoms with van der Waals surface area (Å²) in [6.07, 6.45) is 1.17. The summed E-state index contributed by atoms with van der Waals surface area (Å²) in [4.78, 5) is 12.4. The molecule has 1 atom stereocenters. The highest BCUT2D eigenvalue weighted by Gasteiger charge is 2.19. The van der Waals surface area contributed by atoms with Gasteiger partial charge in [0.1, 0.15) is 5.69 Å². The number of carbonyl (C=O) groups excluding carboxylic acids is 1. The molecule has 5 nitrogen and oxygen atoms in total. The van der Waals surface area contributed by atoms with Crippen molar-refractivity contribution in [1.82, 2.24) is 15.1 Å². The van der Waals surface area contributed by atoms with Gasteiger partial charge in [-0.25, -0.2) is 0 Å². The van der Waals surface area contributed by atoms with Gasteiger partial charge in [0.2, 0.25) is 0 Å². The third kappa shape index (κ3) is 3.75. The van der Waals surface area contributed by atoms with Gasteiger partial charge in [0.15, 0.2) is 0 Å². The summed E-state index contributed by atoms with van der Waals surface area (Å²) in [5.41, 5.74) is 2.22. The van der Waals surface area contributed by atoms with Crippen LogP contribution in [0.15, 0.2) is 22.9 Å². The second kappa shape index (κ2) is 7.56. The van der Waals surface area contributed by atoms with E-state index in [-0.39, 0.29) is 18.5 Å². The summed E-state index contributed by atoms with van der Waals surface area (Å²) in [5, 5.41) is 21.1. The minimum atomic E-state index is -0.680. The number of nitrogens with zero attached hydrogens (tertiary/aromatic N) is 2. The zero-order valence-corrected chi connectivity index (χ0v) is 14.1. The molecule has 0 aromatic carbocycles. The van der Waals surface area contributed by atoms with Gasteiger partial charge in [-0.1, -0.05) is 13.8 Å². The lowest BCUT2D eigenvalue weighted by Crippen LogP contribution is -2.31. The Labute approximate surface area is 135 Å². The Morgan fingerprint density at radius 1 is 1.45 bits per heavy atom. The number of aryl methyl sites for hydroxylation is 1. The van der Waals surface area contributed by atoms with E-state index in [1.165, 1.54) is 11.3 Å². The van der Waals surface area contributed by atoms with Gasteiger partial charge in [-0.2, -0.15) is 16.4 Å². The maximum atomic E-state index is 12.4. The fourth-order valence-corrected chi connectivity index (χ4v) is 3.17. The molecule has 0 aliphatic heterocycles. The topological polar surface area (TPSA) is 67.2 Å². The van der Waals surface area contributed by atoms with Gasteiger partial charge in [0.25, 0.3) is 5.91 Å². The van der Waals surface area contributed by atoms with E-state index >= 15 is 0 Å². The van der Waals surface area contributed by atoms with Crippen LogP contribution in [0.4, 0.5) is 0 Å². The minimum absolute atomic E-state index is 0.193. The predicted molar refractivity (Wildman–Crippen MR) is 88.2 cm³/mol. The van der Waals surface area contributed by atoms with Crippen molar-refractivity contribution in [1.29, 1.82) is 0 Å². The van der Waals surface area contributed by atoms with Crippen molar-refractivity contribution in [2.75, 3.05) is 6.54 Å². The molecule has 6 heteroatoms. The highest BCUT2D eigenvalue weighted by Crippen LogP contribution is 2.19. The lowest BCUT2D eigenvalue weighted by Gasteiger charge is -2.17. The molecule has 0 fully saturated rings. The summed E-state index contributed by atoms with van der Waals surface area (Å²) < 4.78 is 1.81. The Morgan fingerprint density at radius 2 is 2.18 bits per heavy atom. The number of hydrogen-bond acceptors (Lipinski definition) is 4. The molecule has 0 saturated carbocycles. The largest absolute Gasteiger partial charge is 0.387 e. The highest BCUT2D eigenvalue weighted by molar-refractivity contribution is 7.07. The number of rotatable bonds is 7. The molecule has 2 aromatic rings. The van der Waals surface area contributed by atoms with Gasteiger partial charge in [0, 0.05) is 6.54 Å². The molecular formula is C16H23N3O2S. The van der Waals surface area contributed by atoms with Crippen LogP contribution in [-0.2, 0) is 0 Å². The Morgan fingerprint density at radius 3 is 2.77 bits per heavy atom. The van der Waals surface area contributed by atoms with E-state index < -0.39 is 6.10 Å². The number of aliphatic hydroxyl groups is 1. The number of aromatic nitrogens is 2.